The van der Waals surface area contributed by atoms with Crippen LogP contribution in [0, 0.1) is 0 Å². The summed E-state index contributed by atoms with van der Waals surface area (Å²) in [5, 5.41) is 0. The van der Waals surface area contributed by atoms with E-state index >= 15 is 0 Å². The second-order valence-corrected chi connectivity index (χ2v) is 5.62. The topological polar surface area (TPSA) is 55.6 Å². The molecule has 0 saturated heterocycles. The molecule has 21 heavy (non-hydrogen) atoms. The van der Waals surface area contributed by atoms with Crippen LogP contribution in [0.4, 0.5) is 0 Å². The van der Waals surface area contributed by atoms with Gasteiger partial charge in [0.15, 0.2) is 0 Å². The summed E-state index contributed by atoms with van der Waals surface area (Å²) in [6.45, 7) is 1.98. The van der Waals surface area contributed by atoms with Gasteiger partial charge in [0.2, 0.25) is 5.91 Å². The Balaban J connectivity index is 1.77. The van der Waals surface area contributed by atoms with Crippen molar-refractivity contribution < 1.29 is 9.53 Å². The minimum atomic E-state index is 0.0586. The molecule has 1 amide bonds. The predicted octanol–water partition coefficient (Wildman–Crippen LogP) is 1.98. The van der Waals surface area contributed by atoms with Gasteiger partial charge in [0.1, 0.15) is 6.61 Å². The molecule has 4 heteroatoms. The highest BCUT2D eigenvalue weighted by Gasteiger charge is 2.19. The number of ether oxygens (including phenoxy) is 1. The highest BCUT2D eigenvalue weighted by molar-refractivity contribution is 5.77. The molecule has 1 fully saturated rings. The zero-order valence-electron chi connectivity index (χ0n) is 12.7. The number of carbonyl (C=O) groups excluding carboxylic acids is 1. The second kappa shape index (κ2) is 8.80. The molecule has 116 valence electrons. The van der Waals surface area contributed by atoms with Crippen LogP contribution >= 0.6 is 0 Å². The van der Waals surface area contributed by atoms with Gasteiger partial charge in [-0.1, -0.05) is 43.2 Å². The molecule has 2 N–H and O–H groups in total. The molecule has 0 bridgehead atoms. The molecule has 1 aromatic carbocycles. The van der Waals surface area contributed by atoms with E-state index in [-0.39, 0.29) is 18.6 Å². The van der Waals surface area contributed by atoms with E-state index in [1.54, 1.807) is 0 Å². The Bertz CT molecular complexity index is 416. The van der Waals surface area contributed by atoms with Crippen LogP contribution in [0.1, 0.15) is 31.2 Å². The molecule has 0 atom stereocenters. The van der Waals surface area contributed by atoms with Gasteiger partial charge < -0.3 is 15.4 Å². The minimum Gasteiger partial charge on any atom is -0.368 e. The van der Waals surface area contributed by atoms with Gasteiger partial charge in [-0.2, -0.15) is 0 Å². The van der Waals surface area contributed by atoms with Crippen molar-refractivity contribution in [2.24, 2.45) is 5.73 Å². The van der Waals surface area contributed by atoms with Crippen LogP contribution in [-0.4, -0.2) is 43.2 Å². The normalized spacial score (nSPS) is 15.3. The summed E-state index contributed by atoms with van der Waals surface area (Å²) >= 11 is 0. The van der Waals surface area contributed by atoms with E-state index in [0.29, 0.717) is 19.6 Å². The molecule has 0 aromatic heterocycles. The van der Waals surface area contributed by atoms with E-state index in [9.17, 15) is 4.79 Å². The molecule has 1 saturated carbocycles. The number of nitrogens with zero attached hydrogens (tertiary/aromatic N) is 1. The highest BCUT2D eigenvalue weighted by Crippen LogP contribution is 2.20. The molecule has 0 unspecified atom stereocenters. The number of hydrogen-bond donors (Lipinski definition) is 1. The van der Waals surface area contributed by atoms with Crippen molar-refractivity contribution in [2.75, 3.05) is 26.2 Å². The third-order valence-corrected chi connectivity index (χ3v) is 4.01. The van der Waals surface area contributed by atoms with Crippen LogP contribution in [-0.2, 0) is 16.0 Å². The summed E-state index contributed by atoms with van der Waals surface area (Å²) in [6.07, 6.45) is 5.76. The molecule has 0 aliphatic heterocycles. The lowest BCUT2D eigenvalue weighted by molar-refractivity contribution is -0.138. The summed E-state index contributed by atoms with van der Waals surface area (Å²) in [5.41, 5.74) is 6.86. The number of nitrogens with two attached hydrogens (primary N) is 1. The first-order valence-corrected chi connectivity index (χ1v) is 7.93. The monoisotopic (exact) mass is 290 g/mol. The predicted molar refractivity (Wildman–Crippen MR) is 84.0 cm³/mol. The fourth-order valence-corrected chi connectivity index (χ4v) is 2.76. The first-order chi connectivity index (χ1) is 10.3. The lowest BCUT2D eigenvalue weighted by Crippen LogP contribution is -2.39. The average molecular weight is 290 g/mol. The SMILES string of the molecule is NCCN(CCc1ccccc1)C(=O)COC1CCCC1. The maximum Gasteiger partial charge on any atom is 0.248 e. The van der Waals surface area contributed by atoms with E-state index in [1.165, 1.54) is 18.4 Å². The quantitative estimate of drug-likeness (QED) is 0.796. The number of rotatable bonds is 8. The Morgan fingerprint density at radius 3 is 2.57 bits per heavy atom. The lowest BCUT2D eigenvalue weighted by atomic mass is 10.1. The van der Waals surface area contributed by atoms with E-state index < -0.39 is 0 Å². The Morgan fingerprint density at radius 2 is 1.90 bits per heavy atom. The van der Waals surface area contributed by atoms with Gasteiger partial charge in [-0.3, -0.25) is 4.79 Å². The lowest BCUT2D eigenvalue weighted by Gasteiger charge is -2.23. The smallest absolute Gasteiger partial charge is 0.248 e. The fraction of sp³-hybridized carbons (Fsp3) is 0.588. The van der Waals surface area contributed by atoms with Gasteiger partial charge in [0, 0.05) is 19.6 Å². The van der Waals surface area contributed by atoms with Gasteiger partial charge in [-0.25, -0.2) is 0 Å². The maximum absolute atomic E-state index is 12.3. The van der Waals surface area contributed by atoms with Crippen LogP contribution in [0.3, 0.4) is 0 Å². The van der Waals surface area contributed by atoms with Crippen molar-refractivity contribution in [3.8, 4) is 0 Å². The van der Waals surface area contributed by atoms with Crippen molar-refractivity contribution in [1.82, 2.24) is 4.90 Å². The van der Waals surface area contributed by atoms with Gasteiger partial charge in [-0.15, -0.1) is 0 Å². The summed E-state index contributed by atoms with van der Waals surface area (Å²) in [7, 11) is 0. The summed E-state index contributed by atoms with van der Waals surface area (Å²) in [6, 6.07) is 10.2. The molecule has 1 aliphatic carbocycles. The Kier molecular flexibility index (Phi) is 6.70. The third-order valence-electron chi connectivity index (χ3n) is 4.01. The maximum atomic E-state index is 12.3. The molecular weight excluding hydrogens is 264 g/mol. The Labute approximate surface area is 127 Å². The van der Waals surface area contributed by atoms with Crippen LogP contribution in [0.25, 0.3) is 0 Å². The minimum absolute atomic E-state index is 0.0586. The van der Waals surface area contributed by atoms with E-state index in [2.05, 4.69) is 12.1 Å². The van der Waals surface area contributed by atoms with Crippen molar-refractivity contribution in [2.45, 2.75) is 38.2 Å². The summed E-state index contributed by atoms with van der Waals surface area (Å²) in [4.78, 5) is 14.1. The van der Waals surface area contributed by atoms with Crippen LogP contribution < -0.4 is 5.73 Å². The molecule has 0 spiro atoms. The van der Waals surface area contributed by atoms with Crippen molar-refractivity contribution in [1.29, 1.82) is 0 Å². The third kappa shape index (κ3) is 5.48. The Morgan fingerprint density at radius 1 is 1.19 bits per heavy atom. The van der Waals surface area contributed by atoms with Gasteiger partial charge in [0.25, 0.3) is 0 Å². The largest absolute Gasteiger partial charge is 0.368 e. The molecule has 4 nitrogen and oxygen atoms in total. The molecule has 1 aliphatic rings. The van der Waals surface area contributed by atoms with Crippen LogP contribution in [0.5, 0.6) is 0 Å². The standard InChI is InChI=1S/C17H26N2O2/c18-11-13-19(12-10-15-6-2-1-3-7-15)17(20)14-21-16-8-4-5-9-16/h1-3,6-7,16H,4-5,8-14,18H2. The summed E-state index contributed by atoms with van der Waals surface area (Å²) in [5.74, 6) is 0.0586. The van der Waals surface area contributed by atoms with Crippen molar-refractivity contribution in [3.63, 3.8) is 0 Å². The van der Waals surface area contributed by atoms with Crippen molar-refractivity contribution >= 4 is 5.91 Å². The molecule has 0 heterocycles. The van der Waals surface area contributed by atoms with Crippen LogP contribution in [0.15, 0.2) is 30.3 Å². The molecule has 0 radical (unpaired) electrons. The zero-order chi connectivity index (χ0) is 14.9. The number of carbonyl (C=O) groups is 1. The summed E-state index contributed by atoms with van der Waals surface area (Å²) < 4.78 is 5.71. The van der Waals surface area contributed by atoms with Gasteiger partial charge in [-0.05, 0) is 24.8 Å². The number of amides is 1. The number of hydrogen-bond acceptors (Lipinski definition) is 3. The number of benzene rings is 1. The van der Waals surface area contributed by atoms with E-state index in [1.807, 2.05) is 23.1 Å². The Hall–Kier alpha value is -1.39. The fourth-order valence-electron chi connectivity index (χ4n) is 2.76. The molecular formula is C17H26N2O2. The molecule has 1 aromatic rings. The zero-order valence-corrected chi connectivity index (χ0v) is 12.7. The molecule has 2 rings (SSSR count). The first-order valence-electron chi connectivity index (χ1n) is 7.93. The highest BCUT2D eigenvalue weighted by atomic mass is 16.5. The van der Waals surface area contributed by atoms with Gasteiger partial charge >= 0.3 is 0 Å². The van der Waals surface area contributed by atoms with E-state index in [4.69, 9.17) is 10.5 Å². The van der Waals surface area contributed by atoms with E-state index in [0.717, 1.165) is 19.3 Å². The van der Waals surface area contributed by atoms with Gasteiger partial charge in [0.05, 0.1) is 6.10 Å². The van der Waals surface area contributed by atoms with Crippen molar-refractivity contribution in [3.05, 3.63) is 35.9 Å². The van der Waals surface area contributed by atoms with Crippen LogP contribution in [0.2, 0.25) is 0 Å². The first kappa shape index (κ1) is 16.0. The average Bonchev–Trinajstić information content (AvgIpc) is 3.03. The second-order valence-electron chi connectivity index (χ2n) is 5.62.